The highest BCUT2D eigenvalue weighted by atomic mass is 15.1. The summed E-state index contributed by atoms with van der Waals surface area (Å²) in [6.45, 7) is 6.28. The molecule has 1 aliphatic carbocycles. The molecule has 2 aromatic heterocycles. The summed E-state index contributed by atoms with van der Waals surface area (Å²) in [5.74, 6) is 2.67. The highest BCUT2D eigenvalue weighted by Gasteiger charge is 2.17. The molecule has 0 aromatic carbocycles. The Bertz CT molecular complexity index is 611. The van der Waals surface area contributed by atoms with Crippen molar-refractivity contribution >= 4 is 16.9 Å². The number of nitrogens with zero attached hydrogens (tertiary/aromatic N) is 3. The molecule has 0 aliphatic heterocycles. The average Bonchev–Trinajstić information content (AvgIpc) is 2.91. The summed E-state index contributed by atoms with van der Waals surface area (Å²) >= 11 is 0. The first-order chi connectivity index (χ1) is 10.8. The van der Waals surface area contributed by atoms with Crippen LogP contribution in [0.4, 0.5) is 5.82 Å². The van der Waals surface area contributed by atoms with Crippen LogP contribution in [0.2, 0.25) is 0 Å². The molecule has 0 atom stereocenters. The SMILES string of the molecule is CCCCNc1nc(C)nc2ccn(CC3CCCCC3)c12. The van der Waals surface area contributed by atoms with Crippen molar-refractivity contribution < 1.29 is 0 Å². The van der Waals surface area contributed by atoms with E-state index in [-0.39, 0.29) is 0 Å². The van der Waals surface area contributed by atoms with Crippen LogP contribution in [-0.4, -0.2) is 21.1 Å². The summed E-state index contributed by atoms with van der Waals surface area (Å²) in [6.07, 6.45) is 11.5. The molecule has 1 fully saturated rings. The van der Waals surface area contributed by atoms with Crippen LogP contribution in [0.3, 0.4) is 0 Å². The van der Waals surface area contributed by atoms with Crippen LogP contribution in [0.1, 0.15) is 57.7 Å². The fourth-order valence-corrected chi connectivity index (χ4v) is 3.53. The summed E-state index contributed by atoms with van der Waals surface area (Å²) in [5.41, 5.74) is 2.26. The first kappa shape index (κ1) is 15.3. The minimum absolute atomic E-state index is 0.814. The van der Waals surface area contributed by atoms with Gasteiger partial charge in [-0.15, -0.1) is 0 Å². The Labute approximate surface area is 133 Å². The molecular formula is C18H28N4. The molecule has 120 valence electrons. The van der Waals surface area contributed by atoms with Crippen molar-refractivity contribution in [2.24, 2.45) is 5.92 Å². The van der Waals surface area contributed by atoms with Crippen molar-refractivity contribution in [2.75, 3.05) is 11.9 Å². The van der Waals surface area contributed by atoms with Gasteiger partial charge in [0.2, 0.25) is 0 Å². The predicted molar refractivity (Wildman–Crippen MR) is 92.2 cm³/mol. The van der Waals surface area contributed by atoms with Crippen molar-refractivity contribution in [3.63, 3.8) is 0 Å². The van der Waals surface area contributed by atoms with Crippen molar-refractivity contribution in [3.8, 4) is 0 Å². The zero-order valence-corrected chi connectivity index (χ0v) is 13.9. The van der Waals surface area contributed by atoms with Gasteiger partial charge < -0.3 is 9.88 Å². The number of hydrogen-bond donors (Lipinski definition) is 1. The quantitative estimate of drug-likeness (QED) is 0.797. The lowest BCUT2D eigenvalue weighted by atomic mass is 9.89. The second kappa shape index (κ2) is 7.12. The zero-order chi connectivity index (χ0) is 15.4. The molecule has 3 rings (SSSR count). The number of nitrogens with one attached hydrogen (secondary N) is 1. The van der Waals surface area contributed by atoms with E-state index in [1.165, 1.54) is 50.5 Å². The molecule has 0 amide bonds. The fraction of sp³-hybridized carbons (Fsp3) is 0.667. The zero-order valence-electron chi connectivity index (χ0n) is 13.9. The maximum atomic E-state index is 4.66. The Morgan fingerprint density at radius 3 is 2.82 bits per heavy atom. The lowest BCUT2D eigenvalue weighted by molar-refractivity contribution is 0.322. The maximum Gasteiger partial charge on any atom is 0.154 e. The van der Waals surface area contributed by atoms with Crippen LogP contribution in [0.15, 0.2) is 12.3 Å². The second-order valence-electron chi connectivity index (χ2n) is 6.61. The average molecular weight is 300 g/mol. The fourth-order valence-electron chi connectivity index (χ4n) is 3.53. The largest absolute Gasteiger partial charge is 0.368 e. The van der Waals surface area contributed by atoms with Gasteiger partial charge in [0.15, 0.2) is 5.82 Å². The van der Waals surface area contributed by atoms with Gasteiger partial charge in [0.25, 0.3) is 0 Å². The van der Waals surface area contributed by atoms with E-state index in [1.807, 2.05) is 6.92 Å². The Morgan fingerprint density at radius 1 is 1.23 bits per heavy atom. The van der Waals surface area contributed by atoms with Gasteiger partial charge in [0, 0.05) is 19.3 Å². The summed E-state index contributed by atoms with van der Waals surface area (Å²) in [5, 5.41) is 3.52. The third kappa shape index (κ3) is 3.42. The molecule has 2 aromatic rings. The van der Waals surface area contributed by atoms with E-state index < -0.39 is 0 Å². The Balaban J connectivity index is 1.86. The van der Waals surface area contributed by atoms with Crippen molar-refractivity contribution in [1.29, 1.82) is 0 Å². The summed E-state index contributed by atoms with van der Waals surface area (Å²) < 4.78 is 2.37. The molecule has 1 saturated carbocycles. The van der Waals surface area contributed by atoms with Gasteiger partial charge >= 0.3 is 0 Å². The lowest BCUT2D eigenvalue weighted by Gasteiger charge is -2.22. The first-order valence-electron chi connectivity index (χ1n) is 8.85. The van der Waals surface area contributed by atoms with Crippen molar-refractivity contribution in [3.05, 3.63) is 18.1 Å². The number of anilines is 1. The molecule has 22 heavy (non-hydrogen) atoms. The van der Waals surface area contributed by atoms with Gasteiger partial charge in [0.1, 0.15) is 11.3 Å². The molecule has 0 saturated heterocycles. The first-order valence-corrected chi connectivity index (χ1v) is 8.85. The van der Waals surface area contributed by atoms with E-state index in [0.717, 1.165) is 36.2 Å². The van der Waals surface area contributed by atoms with Crippen molar-refractivity contribution in [1.82, 2.24) is 14.5 Å². The van der Waals surface area contributed by atoms with Gasteiger partial charge in [-0.25, -0.2) is 9.97 Å². The van der Waals surface area contributed by atoms with E-state index in [1.54, 1.807) is 0 Å². The van der Waals surface area contributed by atoms with Crippen LogP contribution in [0.25, 0.3) is 11.0 Å². The van der Waals surface area contributed by atoms with Crippen molar-refractivity contribution in [2.45, 2.75) is 65.3 Å². The maximum absolute atomic E-state index is 4.66. The molecule has 2 heterocycles. The van der Waals surface area contributed by atoms with E-state index in [2.05, 4.69) is 39.0 Å². The highest BCUT2D eigenvalue weighted by molar-refractivity contribution is 5.86. The second-order valence-corrected chi connectivity index (χ2v) is 6.61. The molecule has 0 unspecified atom stereocenters. The summed E-state index contributed by atoms with van der Waals surface area (Å²) in [6, 6.07) is 2.14. The molecule has 4 heteroatoms. The van der Waals surface area contributed by atoms with Gasteiger partial charge in [-0.1, -0.05) is 32.6 Å². The van der Waals surface area contributed by atoms with Crippen LogP contribution in [0.5, 0.6) is 0 Å². The van der Waals surface area contributed by atoms with E-state index >= 15 is 0 Å². The van der Waals surface area contributed by atoms with Gasteiger partial charge in [0.05, 0.1) is 5.52 Å². The lowest BCUT2D eigenvalue weighted by Crippen LogP contribution is -2.15. The topological polar surface area (TPSA) is 42.7 Å². The molecular weight excluding hydrogens is 272 g/mol. The number of aromatic nitrogens is 3. The molecule has 0 spiro atoms. The van der Waals surface area contributed by atoms with Gasteiger partial charge in [-0.05, 0) is 38.2 Å². The Kier molecular flexibility index (Phi) is 4.96. The van der Waals surface area contributed by atoms with E-state index in [9.17, 15) is 0 Å². The normalized spacial score (nSPS) is 16.3. The van der Waals surface area contributed by atoms with E-state index in [0.29, 0.717) is 0 Å². The number of rotatable bonds is 6. The monoisotopic (exact) mass is 300 g/mol. The van der Waals surface area contributed by atoms with Crippen LogP contribution in [0, 0.1) is 12.8 Å². The molecule has 1 aliphatic rings. The highest BCUT2D eigenvalue weighted by Crippen LogP contribution is 2.28. The van der Waals surface area contributed by atoms with Gasteiger partial charge in [-0.3, -0.25) is 0 Å². The smallest absolute Gasteiger partial charge is 0.154 e. The molecule has 0 radical (unpaired) electrons. The molecule has 0 bridgehead atoms. The molecule has 1 N–H and O–H groups in total. The van der Waals surface area contributed by atoms with E-state index in [4.69, 9.17) is 0 Å². The Hall–Kier alpha value is -1.58. The summed E-state index contributed by atoms with van der Waals surface area (Å²) in [4.78, 5) is 9.26. The van der Waals surface area contributed by atoms with Crippen LogP contribution in [-0.2, 0) is 6.54 Å². The van der Waals surface area contributed by atoms with Crippen LogP contribution < -0.4 is 5.32 Å². The number of aryl methyl sites for hydroxylation is 1. The Morgan fingerprint density at radius 2 is 2.05 bits per heavy atom. The molecule has 4 nitrogen and oxygen atoms in total. The minimum Gasteiger partial charge on any atom is -0.368 e. The number of hydrogen-bond acceptors (Lipinski definition) is 3. The summed E-state index contributed by atoms with van der Waals surface area (Å²) in [7, 11) is 0. The van der Waals surface area contributed by atoms with Crippen LogP contribution >= 0.6 is 0 Å². The third-order valence-corrected chi connectivity index (χ3v) is 4.72. The third-order valence-electron chi connectivity index (χ3n) is 4.72. The standard InChI is InChI=1S/C18H28N4/c1-3-4-11-19-18-17-16(20-14(2)21-18)10-12-22(17)13-15-8-6-5-7-9-15/h10,12,15H,3-9,11,13H2,1-2H3,(H,19,20,21). The van der Waals surface area contributed by atoms with Gasteiger partial charge in [-0.2, -0.15) is 0 Å². The number of fused-ring (bicyclic) bond motifs is 1. The number of unbranched alkanes of at least 4 members (excludes halogenated alkanes) is 1. The minimum atomic E-state index is 0.814. The predicted octanol–water partition coefficient (Wildman–Crippen LogP) is 4.53.